The first-order valence-corrected chi connectivity index (χ1v) is 11.5. The van der Waals surface area contributed by atoms with Gasteiger partial charge in [0, 0.05) is 6.42 Å². The molecule has 0 aromatic heterocycles. The largest absolute Gasteiger partial charge is 0.345 e. The molecule has 1 aliphatic rings. The minimum Gasteiger partial charge on any atom is -0.269 e. The lowest BCUT2D eigenvalue weighted by molar-refractivity contribution is -0.527. The summed E-state index contributed by atoms with van der Waals surface area (Å²) >= 11 is 0. The number of carbonyl (C=O) groups excluding carboxylic acids is 1. The Morgan fingerprint density at radius 1 is 0.897 bits per heavy atom. The van der Waals surface area contributed by atoms with Crippen molar-refractivity contribution in [2.45, 2.75) is 110 Å². The maximum Gasteiger partial charge on any atom is 0.345 e. The van der Waals surface area contributed by atoms with E-state index in [0.29, 0.717) is 11.8 Å². The van der Waals surface area contributed by atoms with Gasteiger partial charge < -0.3 is 0 Å². The van der Waals surface area contributed by atoms with Crippen LogP contribution in [0, 0.1) is 5.41 Å². The molecule has 1 fully saturated rings. The Hall–Kier alpha value is -1.39. The van der Waals surface area contributed by atoms with E-state index in [1.165, 1.54) is 38.5 Å². The fourth-order valence-corrected chi connectivity index (χ4v) is 4.08. The Kier molecular flexibility index (Phi) is 10.2. The van der Waals surface area contributed by atoms with E-state index >= 15 is 0 Å². The van der Waals surface area contributed by atoms with E-state index < -0.39 is 5.60 Å². The van der Waals surface area contributed by atoms with Crippen LogP contribution < -0.4 is 0 Å². The highest BCUT2D eigenvalue weighted by atomic mass is 17.5. The minimum absolute atomic E-state index is 0.350. The van der Waals surface area contributed by atoms with Gasteiger partial charge in [-0.25, -0.2) is 4.79 Å². The van der Waals surface area contributed by atoms with Crippen LogP contribution in [0.2, 0.25) is 0 Å². The van der Waals surface area contributed by atoms with Crippen molar-refractivity contribution in [2.24, 2.45) is 5.41 Å². The summed E-state index contributed by atoms with van der Waals surface area (Å²) in [5, 5.41) is 4.99. The number of hydrogen-bond donors (Lipinski definition) is 0. The van der Waals surface area contributed by atoms with E-state index in [0.717, 1.165) is 44.1 Å². The van der Waals surface area contributed by atoms with Crippen LogP contribution in [0.5, 0.6) is 0 Å². The van der Waals surface area contributed by atoms with Crippen LogP contribution in [0.15, 0.2) is 30.3 Å². The first kappa shape index (κ1) is 23.9. The normalized spacial score (nSPS) is 16.5. The lowest BCUT2D eigenvalue weighted by atomic mass is 9.80. The molecule has 0 unspecified atom stereocenters. The lowest BCUT2D eigenvalue weighted by Gasteiger charge is -2.34. The van der Waals surface area contributed by atoms with Gasteiger partial charge in [-0.3, -0.25) is 4.89 Å². The summed E-state index contributed by atoms with van der Waals surface area (Å²) in [5.41, 5.74) is 1.01. The fourth-order valence-electron chi connectivity index (χ4n) is 4.08. The first-order chi connectivity index (χ1) is 13.9. The van der Waals surface area contributed by atoms with E-state index in [1.54, 1.807) is 0 Å². The summed E-state index contributed by atoms with van der Waals surface area (Å²) in [6.45, 7) is 6.88. The van der Waals surface area contributed by atoms with Crippen LogP contribution in [0.3, 0.4) is 0 Å². The maximum absolute atomic E-state index is 11.9. The van der Waals surface area contributed by atoms with Crippen molar-refractivity contribution in [2.75, 3.05) is 0 Å². The second kappa shape index (κ2) is 12.3. The van der Waals surface area contributed by atoms with Crippen molar-refractivity contribution in [1.82, 2.24) is 0 Å². The molecule has 0 atom stereocenters. The molecule has 4 nitrogen and oxygen atoms in total. The molecule has 0 N–H and O–H groups in total. The van der Waals surface area contributed by atoms with Gasteiger partial charge in [0.15, 0.2) is 0 Å². The molecule has 1 aromatic carbocycles. The molecule has 0 radical (unpaired) electrons. The van der Waals surface area contributed by atoms with E-state index in [2.05, 4.69) is 32.9 Å². The van der Waals surface area contributed by atoms with Crippen molar-refractivity contribution >= 4 is 5.97 Å². The topological polar surface area (TPSA) is 44.8 Å². The Balaban J connectivity index is 1.59. The number of rotatable bonds is 12. The molecule has 2 rings (SSSR count). The molecule has 1 aromatic rings. The standard InChI is InChI=1S/C25H40O4/c1-24(2,3)19-13-7-5-4-6-12-18-23(26)27-29-28-25(20-14-9-15-21-25)22-16-10-8-11-17-22/h8,10-11,16-17H,4-7,9,12-15,18-21H2,1-3H3. The Bertz CT molecular complexity index is 570. The van der Waals surface area contributed by atoms with E-state index in [9.17, 15) is 4.79 Å². The van der Waals surface area contributed by atoms with Crippen molar-refractivity contribution < 1.29 is 19.6 Å². The van der Waals surface area contributed by atoms with Crippen LogP contribution in [-0.2, 0) is 25.2 Å². The van der Waals surface area contributed by atoms with Gasteiger partial charge in [-0.15, -0.1) is 0 Å². The highest BCUT2D eigenvalue weighted by molar-refractivity contribution is 5.68. The van der Waals surface area contributed by atoms with E-state index in [1.807, 2.05) is 18.2 Å². The zero-order valence-corrected chi connectivity index (χ0v) is 18.7. The van der Waals surface area contributed by atoms with Crippen molar-refractivity contribution in [3.8, 4) is 0 Å². The molecular formula is C25H40O4. The van der Waals surface area contributed by atoms with Crippen LogP contribution in [0.25, 0.3) is 0 Å². The Morgan fingerprint density at radius 3 is 2.17 bits per heavy atom. The van der Waals surface area contributed by atoms with Gasteiger partial charge in [-0.1, -0.05) is 102 Å². The van der Waals surface area contributed by atoms with Gasteiger partial charge >= 0.3 is 5.97 Å². The summed E-state index contributed by atoms with van der Waals surface area (Å²) in [6, 6.07) is 10.1. The zero-order chi connectivity index (χ0) is 21.0. The molecule has 164 valence electrons. The maximum atomic E-state index is 11.9. The molecule has 0 bridgehead atoms. The second-order valence-corrected chi connectivity index (χ2v) is 9.71. The number of unbranched alkanes of at least 4 members (excludes halogenated alkanes) is 5. The molecular weight excluding hydrogens is 364 g/mol. The molecule has 0 heterocycles. The smallest absolute Gasteiger partial charge is 0.269 e. The SMILES string of the molecule is CC(C)(C)CCCCCCCCC(=O)OOOC1(c2ccccc2)CCCCC1. The number of benzene rings is 1. The summed E-state index contributed by atoms with van der Waals surface area (Å²) < 4.78 is 0. The molecule has 1 aliphatic carbocycles. The number of carbonyl (C=O) groups is 1. The quantitative estimate of drug-likeness (QED) is 0.206. The van der Waals surface area contributed by atoms with Gasteiger partial charge in [-0.05, 0) is 41.7 Å². The van der Waals surface area contributed by atoms with E-state index in [4.69, 9.17) is 14.8 Å². The highest BCUT2D eigenvalue weighted by Gasteiger charge is 2.37. The molecule has 4 heteroatoms. The van der Waals surface area contributed by atoms with Crippen LogP contribution in [0.1, 0.15) is 110 Å². The Morgan fingerprint density at radius 2 is 1.52 bits per heavy atom. The Labute approximate surface area is 177 Å². The van der Waals surface area contributed by atoms with Crippen LogP contribution >= 0.6 is 0 Å². The second-order valence-electron chi connectivity index (χ2n) is 9.71. The molecule has 0 amide bonds. The predicted octanol–water partition coefficient (Wildman–Crippen LogP) is 7.42. The highest BCUT2D eigenvalue weighted by Crippen LogP contribution is 2.40. The minimum atomic E-state index is -0.507. The average molecular weight is 405 g/mol. The van der Waals surface area contributed by atoms with Crippen molar-refractivity contribution in [1.29, 1.82) is 0 Å². The van der Waals surface area contributed by atoms with Crippen molar-refractivity contribution in [3.63, 3.8) is 0 Å². The summed E-state index contributed by atoms with van der Waals surface area (Å²) in [6.07, 6.45) is 13.7. The molecule has 0 spiro atoms. The zero-order valence-electron chi connectivity index (χ0n) is 18.7. The van der Waals surface area contributed by atoms with Crippen LogP contribution in [-0.4, -0.2) is 5.97 Å². The van der Waals surface area contributed by atoms with Gasteiger partial charge in [0.25, 0.3) is 0 Å². The third-order valence-corrected chi connectivity index (χ3v) is 5.84. The number of hydrogen-bond acceptors (Lipinski definition) is 4. The first-order valence-electron chi connectivity index (χ1n) is 11.5. The monoisotopic (exact) mass is 404 g/mol. The molecule has 0 saturated heterocycles. The van der Waals surface area contributed by atoms with Gasteiger partial charge in [0.1, 0.15) is 5.60 Å². The summed E-state index contributed by atoms with van der Waals surface area (Å²) in [5.74, 6) is -0.350. The third kappa shape index (κ3) is 9.31. The van der Waals surface area contributed by atoms with Crippen molar-refractivity contribution in [3.05, 3.63) is 35.9 Å². The van der Waals surface area contributed by atoms with Gasteiger partial charge in [-0.2, -0.15) is 4.89 Å². The summed E-state index contributed by atoms with van der Waals surface area (Å²) in [4.78, 5) is 22.5. The lowest BCUT2D eigenvalue weighted by Crippen LogP contribution is -2.32. The molecule has 0 aliphatic heterocycles. The summed E-state index contributed by atoms with van der Waals surface area (Å²) in [7, 11) is 0. The fraction of sp³-hybridized carbons (Fsp3) is 0.720. The molecule has 29 heavy (non-hydrogen) atoms. The average Bonchev–Trinajstić information content (AvgIpc) is 2.70. The molecule has 1 saturated carbocycles. The third-order valence-electron chi connectivity index (χ3n) is 5.84. The van der Waals surface area contributed by atoms with Gasteiger partial charge in [0.2, 0.25) is 0 Å². The predicted molar refractivity (Wildman–Crippen MR) is 116 cm³/mol. The van der Waals surface area contributed by atoms with Crippen LogP contribution in [0.4, 0.5) is 0 Å². The van der Waals surface area contributed by atoms with Gasteiger partial charge in [0.05, 0.1) is 0 Å². The van der Waals surface area contributed by atoms with E-state index in [-0.39, 0.29) is 5.97 Å².